The van der Waals surface area contributed by atoms with Crippen molar-refractivity contribution in [2.24, 2.45) is 11.8 Å². The van der Waals surface area contributed by atoms with Crippen molar-refractivity contribution < 1.29 is 0 Å². The van der Waals surface area contributed by atoms with Gasteiger partial charge in [-0.3, -0.25) is 10.1 Å². The number of nitrogens with zero attached hydrogens (tertiary/aromatic N) is 2. The first-order chi connectivity index (χ1) is 12.2. The van der Waals surface area contributed by atoms with E-state index in [2.05, 4.69) is 32.6 Å². The van der Waals surface area contributed by atoms with Gasteiger partial charge in [-0.15, -0.1) is 0 Å². The van der Waals surface area contributed by atoms with E-state index in [9.17, 15) is 0 Å². The van der Waals surface area contributed by atoms with Crippen LogP contribution in [0.1, 0.15) is 30.0 Å². The summed E-state index contributed by atoms with van der Waals surface area (Å²) in [5.41, 5.74) is 5.37. The van der Waals surface area contributed by atoms with Gasteiger partial charge in [0.2, 0.25) is 0 Å². The number of H-pyrrole nitrogens is 1. The number of aromatic amines is 1. The highest BCUT2D eigenvalue weighted by molar-refractivity contribution is 6.32. The lowest BCUT2D eigenvalue weighted by atomic mass is 9.93. The molecule has 1 aromatic carbocycles. The smallest absolute Gasteiger partial charge is 0.100 e. The number of pyridine rings is 1. The number of hydrogen-bond acceptors (Lipinski definition) is 3. The summed E-state index contributed by atoms with van der Waals surface area (Å²) in [5.74, 6) is 2.18. The molecule has 2 atom stereocenters. The number of benzene rings is 1. The van der Waals surface area contributed by atoms with Crippen molar-refractivity contribution in [1.82, 2.24) is 20.5 Å². The lowest BCUT2D eigenvalue weighted by Crippen LogP contribution is -2.11. The molecule has 4 nitrogen and oxygen atoms in total. The van der Waals surface area contributed by atoms with Gasteiger partial charge in [-0.2, -0.15) is 5.10 Å². The van der Waals surface area contributed by atoms with Gasteiger partial charge in [0.25, 0.3) is 0 Å². The van der Waals surface area contributed by atoms with Crippen LogP contribution in [-0.4, -0.2) is 28.3 Å². The van der Waals surface area contributed by atoms with E-state index >= 15 is 0 Å². The summed E-state index contributed by atoms with van der Waals surface area (Å²) >= 11 is 6.65. The average molecular weight is 353 g/mol. The summed E-state index contributed by atoms with van der Waals surface area (Å²) in [5, 5.41) is 13.2. The molecule has 0 bridgehead atoms. The Kier molecular flexibility index (Phi) is 3.57. The van der Waals surface area contributed by atoms with Crippen LogP contribution in [0.4, 0.5) is 0 Å². The topological polar surface area (TPSA) is 53.6 Å². The number of rotatable bonds is 2. The maximum Gasteiger partial charge on any atom is 0.100 e. The van der Waals surface area contributed by atoms with Gasteiger partial charge in [0.1, 0.15) is 5.69 Å². The van der Waals surface area contributed by atoms with Crippen molar-refractivity contribution in [2.45, 2.75) is 25.7 Å². The molecule has 25 heavy (non-hydrogen) atoms. The Morgan fingerprint density at radius 2 is 1.92 bits per heavy atom. The van der Waals surface area contributed by atoms with Crippen molar-refractivity contribution in [3.8, 4) is 11.3 Å². The van der Waals surface area contributed by atoms with Crippen LogP contribution in [0.2, 0.25) is 5.02 Å². The van der Waals surface area contributed by atoms with E-state index in [1.165, 1.54) is 18.4 Å². The van der Waals surface area contributed by atoms with Gasteiger partial charge in [-0.25, -0.2) is 0 Å². The fraction of sp³-hybridized carbons (Fsp3) is 0.400. The van der Waals surface area contributed by atoms with Crippen LogP contribution in [0.25, 0.3) is 22.2 Å². The number of nitrogens with one attached hydrogen (secondary N) is 2. The molecule has 3 heterocycles. The van der Waals surface area contributed by atoms with Crippen molar-refractivity contribution in [3.05, 3.63) is 46.7 Å². The first-order valence-electron chi connectivity index (χ1n) is 9.00. The highest BCUT2D eigenvalue weighted by Crippen LogP contribution is 2.46. The zero-order valence-corrected chi connectivity index (χ0v) is 15.0. The maximum absolute atomic E-state index is 6.65. The first-order valence-corrected chi connectivity index (χ1v) is 9.38. The molecule has 1 aliphatic carbocycles. The minimum atomic E-state index is 0.566. The molecule has 1 saturated carbocycles. The van der Waals surface area contributed by atoms with Crippen LogP contribution < -0.4 is 5.32 Å². The third-order valence-electron chi connectivity index (χ3n) is 5.94. The average Bonchev–Trinajstić information content (AvgIpc) is 3.27. The molecule has 2 N–H and O–H groups in total. The third kappa shape index (κ3) is 2.55. The summed E-state index contributed by atoms with van der Waals surface area (Å²) in [7, 11) is 0. The monoisotopic (exact) mass is 352 g/mol. The van der Waals surface area contributed by atoms with Crippen molar-refractivity contribution in [2.75, 3.05) is 13.1 Å². The van der Waals surface area contributed by atoms with Gasteiger partial charge in [0, 0.05) is 27.9 Å². The van der Waals surface area contributed by atoms with Crippen LogP contribution in [0.5, 0.6) is 0 Å². The minimum Gasteiger partial charge on any atom is -0.316 e. The third-order valence-corrected chi connectivity index (χ3v) is 6.27. The quantitative estimate of drug-likeness (QED) is 0.723. The molecule has 0 spiro atoms. The predicted octanol–water partition coefficient (Wildman–Crippen LogP) is 4.30. The van der Waals surface area contributed by atoms with Crippen LogP contribution in [-0.2, 0) is 0 Å². The van der Waals surface area contributed by atoms with Gasteiger partial charge >= 0.3 is 0 Å². The van der Waals surface area contributed by atoms with E-state index in [1.54, 1.807) is 0 Å². The van der Waals surface area contributed by atoms with Crippen molar-refractivity contribution in [3.63, 3.8) is 0 Å². The Balaban J connectivity index is 1.59. The molecule has 1 aliphatic heterocycles. The molecule has 2 aromatic heterocycles. The highest BCUT2D eigenvalue weighted by atomic mass is 35.5. The summed E-state index contributed by atoms with van der Waals surface area (Å²) in [6.45, 7) is 4.33. The summed E-state index contributed by atoms with van der Waals surface area (Å²) < 4.78 is 0. The second-order valence-corrected chi connectivity index (χ2v) is 7.93. The van der Waals surface area contributed by atoms with Crippen LogP contribution in [0.3, 0.4) is 0 Å². The molecule has 128 valence electrons. The minimum absolute atomic E-state index is 0.566. The van der Waals surface area contributed by atoms with Crippen LogP contribution in [0, 0.1) is 18.8 Å². The van der Waals surface area contributed by atoms with Gasteiger partial charge < -0.3 is 5.32 Å². The SMILES string of the molecule is Cc1cc(-c2n[nH]c3cc(Cl)c(C4CC5CNCC5C4)cc23)ccn1. The van der Waals surface area contributed by atoms with Crippen LogP contribution in [0.15, 0.2) is 30.5 Å². The number of halogens is 1. The van der Waals surface area contributed by atoms with Crippen molar-refractivity contribution in [1.29, 1.82) is 0 Å². The first kappa shape index (κ1) is 15.4. The molecule has 1 saturated heterocycles. The number of aryl methyl sites for hydroxylation is 1. The molecule has 5 rings (SSSR count). The second kappa shape index (κ2) is 5.82. The van der Waals surface area contributed by atoms with Gasteiger partial charge in [-0.05, 0) is 80.4 Å². The number of aromatic nitrogens is 3. The largest absolute Gasteiger partial charge is 0.316 e. The zero-order chi connectivity index (χ0) is 17.0. The summed E-state index contributed by atoms with van der Waals surface area (Å²) in [6.07, 6.45) is 4.32. The normalized spacial score (nSPS) is 25.6. The predicted molar refractivity (Wildman–Crippen MR) is 101 cm³/mol. The summed E-state index contributed by atoms with van der Waals surface area (Å²) in [4.78, 5) is 4.29. The van der Waals surface area contributed by atoms with E-state index in [-0.39, 0.29) is 0 Å². The standard InChI is InChI=1S/C20H21ClN4/c1-11-4-12(2-3-23-11)20-17-7-16(18(21)8-19(17)24-25-20)13-5-14-9-22-10-15(14)6-13/h2-4,7-8,13-15,22H,5-6,9-10H2,1H3,(H,24,25). The molecule has 2 unspecified atom stereocenters. The summed E-state index contributed by atoms with van der Waals surface area (Å²) in [6, 6.07) is 8.41. The van der Waals surface area contributed by atoms with Crippen molar-refractivity contribution >= 4 is 22.5 Å². The van der Waals surface area contributed by atoms with Gasteiger partial charge in [-0.1, -0.05) is 11.6 Å². The zero-order valence-electron chi connectivity index (χ0n) is 14.2. The lowest BCUT2D eigenvalue weighted by molar-refractivity contribution is 0.494. The molecule has 0 radical (unpaired) electrons. The fourth-order valence-corrected chi connectivity index (χ4v) is 5.02. The maximum atomic E-state index is 6.65. The number of fused-ring (bicyclic) bond motifs is 2. The molecule has 2 aliphatic rings. The molecule has 5 heteroatoms. The molecular weight excluding hydrogens is 332 g/mol. The lowest BCUT2D eigenvalue weighted by Gasteiger charge is -2.14. The molecule has 0 amide bonds. The van der Waals surface area contributed by atoms with E-state index < -0.39 is 0 Å². The molecule has 2 fully saturated rings. The fourth-order valence-electron chi connectivity index (χ4n) is 4.70. The second-order valence-electron chi connectivity index (χ2n) is 7.52. The van der Waals surface area contributed by atoms with Crippen LogP contribution >= 0.6 is 11.6 Å². The van der Waals surface area contributed by atoms with E-state index in [0.29, 0.717) is 5.92 Å². The van der Waals surface area contributed by atoms with Gasteiger partial charge in [0.05, 0.1) is 5.52 Å². The Labute approximate surface area is 152 Å². The number of hydrogen-bond donors (Lipinski definition) is 2. The van der Waals surface area contributed by atoms with E-state index in [0.717, 1.165) is 57.8 Å². The molecular formula is C20H21ClN4. The Morgan fingerprint density at radius 3 is 2.68 bits per heavy atom. The van der Waals surface area contributed by atoms with Gasteiger partial charge in [0.15, 0.2) is 0 Å². The Morgan fingerprint density at radius 1 is 1.12 bits per heavy atom. The molecule has 3 aromatic rings. The highest BCUT2D eigenvalue weighted by Gasteiger charge is 2.38. The van der Waals surface area contributed by atoms with E-state index in [4.69, 9.17) is 11.6 Å². The Hall–Kier alpha value is -1.91. The van der Waals surface area contributed by atoms with E-state index in [1.807, 2.05) is 25.3 Å². The Bertz CT molecular complexity index is 936.